The summed E-state index contributed by atoms with van der Waals surface area (Å²) >= 11 is 0. The second kappa shape index (κ2) is 6.39. The average molecular weight is 294 g/mol. The van der Waals surface area contributed by atoms with Gasteiger partial charge in [-0.3, -0.25) is 14.5 Å². The predicted octanol–water partition coefficient (Wildman–Crippen LogP) is 2.45. The maximum absolute atomic E-state index is 12.0. The third kappa shape index (κ3) is 3.14. The van der Waals surface area contributed by atoms with Gasteiger partial charge in [0.1, 0.15) is 0 Å². The van der Waals surface area contributed by atoms with Gasteiger partial charge in [-0.15, -0.1) is 0 Å². The average Bonchev–Trinajstić information content (AvgIpc) is 2.96. The molecule has 1 aromatic carbocycles. The number of aromatic nitrogens is 3. The molecule has 2 aromatic heterocycles. The maximum atomic E-state index is 12.0. The van der Waals surface area contributed by atoms with Crippen LogP contribution in [0.3, 0.4) is 0 Å². The summed E-state index contributed by atoms with van der Waals surface area (Å²) in [7, 11) is 0. The Hall–Kier alpha value is -2.69. The van der Waals surface area contributed by atoms with Crippen molar-refractivity contribution in [1.29, 1.82) is 0 Å². The summed E-state index contributed by atoms with van der Waals surface area (Å²) in [5, 5.41) is 8.38. The van der Waals surface area contributed by atoms with Crippen LogP contribution in [0.15, 0.2) is 48.9 Å². The molecule has 1 amide bonds. The predicted molar refractivity (Wildman–Crippen MR) is 85.2 cm³/mol. The first-order valence-electron chi connectivity index (χ1n) is 7.31. The fraction of sp³-hybridized carbons (Fsp3) is 0.235. The summed E-state index contributed by atoms with van der Waals surface area (Å²) in [5.41, 5.74) is 3.27. The Bertz CT molecular complexity index is 780. The van der Waals surface area contributed by atoms with Crippen LogP contribution in [0, 0.1) is 6.92 Å². The molecule has 0 bridgehead atoms. The zero-order chi connectivity index (χ0) is 15.4. The van der Waals surface area contributed by atoms with Gasteiger partial charge in [-0.05, 0) is 24.1 Å². The Kier molecular flexibility index (Phi) is 4.14. The summed E-state index contributed by atoms with van der Waals surface area (Å²) in [4.78, 5) is 16.0. The molecule has 0 aliphatic carbocycles. The molecule has 0 radical (unpaired) electrons. The third-order valence-corrected chi connectivity index (χ3v) is 3.63. The van der Waals surface area contributed by atoms with E-state index in [-0.39, 0.29) is 5.91 Å². The molecule has 0 aliphatic rings. The van der Waals surface area contributed by atoms with Gasteiger partial charge in [0.15, 0.2) is 0 Å². The number of nitrogens with zero attached hydrogens (tertiary/aromatic N) is 3. The van der Waals surface area contributed by atoms with Crippen molar-refractivity contribution in [3.63, 3.8) is 0 Å². The molecule has 0 unspecified atom stereocenters. The van der Waals surface area contributed by atoms with E-state index in [0.29, 0.717) is 19.5 Å². The molecule has 0 fully saturated rings. The summed E-state index contributed by atoms with van der Waals surface area (Å²) in [6.07, 6.45) is 5.72. The van der Waals surface area contributed by atoms with E-state index in [1.807, 2.05) is 35.1 Å². The third-order valence-electron chi connectivity index (χ3n) is 3.63. The highest BCUT2D eigenvalue weighted by atomic mass is 16.1. The zero-order valence-corrected chi connectivity index (χ0v) is 12.5. The van der Waals surface area contributed by atoms with Gasteiger partial charge in [-0.1, -0.05) is 24.3 Å². The van der Waals surface area contributed by atoms with E-state index in [9.17, 15) is 4.79 Å². The van der Waals surface area contributed by atoms with Gasteiger partial charge in [0, 0.05) is 30.7 Å². The van der Waals surface area contributed by atoms with Crippen molar-refractivity contribution in [2.75, 3.05) is 0 Å². The number of hydrogen-bond donors (Lipinski definition) is 1. The first-order chi connectivity index (χ1) is 10.7. The molecule has 0 saturated heterocycles. The highest BCUT2D eigenvalue weighted by Gasteiger charge is 2.07. The molecule has 2 heterocycles. The van der Waals surface area contributed by atoms with Crippen molar-refractivity contribution in [3.8, 4) is 0 Å². The van der Waals surface area contributed by atoms with Gasteiger partial charge in [0.25, 0.3) is 0 Å². The lowest BCUT2D eigenvalue weighted by Gasteiger charge is -2.07. The van der Waals surface area contributed by atoms with Crippen LogP contribution in [0.2, 0.25) is 0 Å². The van der Waals surface area contributed by atoms with Crippen molar-refractivity contribution in [2.45, 2.75) is 26.4 Å². The summed E-state index contributed by atoms with van der Waals surface area (Å²) in [5.74, 6) is 0.0149. The van der Waals surface area contributed by atoms with Gasteiger partial charge in [-0.25, -0.2) is 0 Å². The van der Waals surface area contributed by atoms with Crippen LogP contribution in [0.4, 0.5) is 0 Å². The van der Waals surface area contributed by atoms with Gasteiger partial charge >= 0.3 is 0 Å². The number of hydrogen-bond acceptors (Lipinski definition) is 3. The molecule has 3 rings (SSSR count). The fourth-order valence-corrected chi connectivity index (χ4v) is 2.50. The summed E-state index contributed by atoms with van der Waals surface area (Å²) in [6, 6.07) is 9.92. The number of carbonyl (C=O) groups is 1. The number of fused-ring (bicyclic) bond motifs is 1. The normalized spacial score (nSPS) is 10.8. The Morgan fingerprint density at radius 3 is 2.95 bits per heavy atom. The van der Waals surface area contributed by atoms with Crippen molar-refractivity contribution < 1.29 is 4.79 Å². The van der Waals surface area contributed by atoms with Gasteiger partial charge in [-0.2, -0.15) is 5.10 Å². The van der Waals surface area contributed by atoms with Gasteiger partial charge in [0.2, 0.25) is 5.91 Å². The van der Waals surface area contributed by atoms with Crippen molar-refractivity contribution in [1.82, 2.24) is 20.1 Å². The molecule has 1 N–H and O–H groups in total. The van der Waals surface area contributed by atoms with E-state index >= 15 is 0 Å². The molecule has 112 valence electrons. The number of nitrogens with one attached hydrogen (secondary N) is 1. The maximum Gasteiger partial charge on any atom is 0.222 e. The molecule has 0 atom stereocenters. The number of para-hydroxylation sites is 1. The van der Waals surface area contributed by atoms with Gasteiger partial charge < -0.3 is 5.32 Å². The number of aryl methyl sites for hydroxylation is 2. The number of amides is 1. The quantitative estimate of drug-likeness (QED) is 0.786. The lowest BCUT2D eigenvalue weighted by atomic mass is 10.2. The van der Waals surface area contributed by atoms with E-state index < -0.39 is 0 Å². The molecule has 0 saturated carbocycles. The molecule has 3 aromatic rings. The van der Waals surface area contributed by atoms with Crippen LogP contribution >= 0.6 is 0 Å². The SMILES string of the molecule is Cc1cccc2cnn(CCC(=O)NCc3cccnc3)c12. The van der Waals surface area contributed by atoms with Gasteiger partial charge in [0.05, 0.1) is 18.3 Å². The van der Waals surface area contributed by atoms with Crippen molar-refractivity contribution in [3.05, 3.63) is 60.0 Å². The smallest absolute Gasteiger partial charge is 0.222 e. The Morgan fingerprint density at radius 1 is 1.23 bits per heavy atom. The molecule has 0 spiro atoms. The fourth-order valence-electron chi connectivity index (χ4n) is 2.50. The van der Waals surface area contributed by atoms with Crippen LogP contribution in [0.1, 0.15) is 17.5 Å². The first kappa shape index (κ1) is 14.3. The van der Waals surface area contributed by atoms with E-state index in [0.717, 1.165) is 16.5 Å². The lowest BCUT2D eigenvalue weighted by Crippen LogP contribution is -2.24. The van der Waals surface area contributed by atoms with E-state index in [2.05, 4.69) is 28.4 Å². The first-order valence-corrected chi connectivity index (χ1v) is 7.31. The van der Waals surface area contributed by atoms with E-state index in [1.165, 1.54) is 5.56 Å². The van der Waals surface area contributed by atoms with Crippen molar-refractivity contribution >= 4 is 16.8 Å². The monoisotopic (exact) mass is 294 g/mol. The second-order valence-corrected chi connectivity index (χ2v) is 5.27. The van der Waals surface area contributed by atoms with Crippen LogP contribution in [0.25, 0.3) is 10.9 Å². The second-order valence-electron chi connectivity index (χ2n) is 5.27. The number of pyridine rings is 1. The minimum Gasteiger partial charge on any atom is -0.352 e. The lowest BCUT2D eigenvalue weighted by molar-refractivity contribution is -0.121. The Morgan fingerprint density at radius 2 is 2.14 bits per heavy atom. The molecule has 0 aliphatic heterocycles. The Balaban J connectivity index is 1.58. The standard InChI is InChI=1S/C17H18N4O/c1-13-4-2-6-15-12-20-21(17(13)15)9-7-16(22)19-11-14-5-3-8-18-10-14/h2-6,8,10,12H,7,9,11H2,1H3,(H,19,22). The van der Waals surface area contributed by atoms with Crippen LogP contribution in [0.5, 0.6) is 0 Å². The molecular weight excluding hydrogens is 276 g/mol. The van der Waals surface area contributed by atoms with E-state index in [1.54, 1.807) is 12.4 Å². The molecular formula is C17H18N4O. The van der Waals surface area contributed by atoms with Crippen LogP contribution in [-0.4, -0.2) is 20.7 Å². The minimum absolute atomic E-state index is 0.0149. The largest absolute Gasteiger partial charge is 0.352 e. The highest BCUT2D eigenvalue weighted by molar-refractivity contribution is 5.82. The highest BCUT2D eigenvalue weighted by Crippen LogP contribution is 2.17. The number of benzene rings is 1. The Labute approximate surface area is 129 Å². The minimum atomic E-state index is 0.0149. The van der Waals surface area contributed by atoms with Crippen molar-refractivity contribution in [2.24, 2.45) is 0 Å². The van der Waals surface area contributed by atoms with Crippen LogP contribution in [-0.2, 0) is 17.9 Å². The summed E-state index contributed by atoms with van der Waals surface area (Å²) < 4.78 is 1.90. The number of carbonyl (C=O) groups excluding carboxylic acids is 1. The number of rotatable bonds is 5. The van der Waals surface area contributed by atoms with E-state index in [4.69, 9.17) is 0 Å². The summed E-state index contributed by atoms with van der Waals surface area (Å²) in [6.45, 7) is 3.14. The zero-order valence-electron chi connectivity index (χ0n) is 12.5. The topological polar surface area (TPSA) is 59.8 Å². The molecule has 22 heavy (non-hydrogen) atoms. The van der Waals surface area contributed by atoms with Crippen LogP contribution < -0.4 is 5.32 Å². The molecule has 5 nitrogen and oxygen atoms in total. The molecule has 5 heteroatoms.